The van der Waals surface area contributed by atoms with E-state index < -0.39 is 12.0 Å². The summed E-state index contributed by atoms with van der Waals surface area (Å²) in [7, 11) is 0. The molecule has 1 aliphatic rings. The van der Waals surface area contributed by atoms with E-state index in [-0.39, 0.29) is 12.6 Å². The molecule has 25 heavy (non-hydrogen) atoms. The fraction of sp³-hybridized carbons (Fsp3) is 0.200. The van der Waals surface area contributed by atoms with E-state index in [9.17, 15) is 9.59 Å². The Morgan fingerprint density at radius 1 is 1.04 bits per heavy atom. The Morgan fingerprint density at radius 3 is 2.32 bits per heavy atom. The fourth-order valence-corrected chi connectivity index (χ4v) is 2.91. The van der Waals surface area contributed by atoms with Crippen LogP contribution in [0.3, 0.4) is 0 Å². The van der Waals surface area contributed by atoms with Crippen LogP contribution in [-0.4, -0.2) is 24.6 Å². The van der Waals surface area contributed by atoms with Gasteiger partial charge < -0.3 is 15.4 Å². The second-order valence-electron chi connectivity index (χ2n) is 5.72. The number of hydrogen-bond acceptors (Lipinski definition) is 3. The van der Waals surface area contributed by atoms with Crippen molar-refractivity contribution in [3.05, 3.63) is 77.4 Å². The first-order valence-corrected chi connectivity index (χ1v) is 8.27. The van der Waals surface area contributed by atoms with E-state index in [1.165, 1.54) is 0 Å². The summed E-state index contributed by atoms with van der Waals surface area (Å²) in [5.74, 6) is -0.421. The SMILES string of the molecule is CCOC(=O)C1=C(c2ccccc2)NC(=O)NC1Cc1ccccc1. The van der Waals surface area contributed by atoms with E-state index in [0.29, 0.717) is 17.7 Å². The number of rotatable bonds is 5. The van der Waals surface area contributed by atoms with Gasteiger partial charge in [-0.1, -0.05) is 60.7 Å². The highest BCUT2D eigenvalue weighted by Crippen LogP contribution is 2.25. The summed E-state index contributed by atoms with van der Waals surface area (Å²) in [5, 5.41) is 5.61. The normalized spacial score (nSPS) is 16.8. The van der Waals surface area contributed by atoms with E-state index >= 15 is 0 Å². The van der Waals surface area contributed by atoms with Crippen molar-refractivity contribution in [1.29, 1.82) is 0 Å². The van der Waals surface area contributed by atoms with Gasteiger partial charge in [-0.3, -0.25) is 0 Å². The van der Waals surface area contributed by atoms with Gasteiger partial charge in [0, 0.05) is 0 Å². The van der Waals surface area contributed by atoms with Crippen molar-refractivity contribution in [1.82, 2.24) is 10.6 Å². The number of benzene rings is 2. The maximum absolute atomic E-state index is 12.6. The van der Waals surface area contributed by atoms with Crippen LogP contribution in [0.2, 0.25) is 0 Å². The van der Waals surface area contributed by atoms with Crippen LogP contribution in [0.1, 0.15) is 18.1 Å². The van der Waals surface area contributed by atoms with Gasteiger partial charge in [-0.15, -0.1) is 0 Å². The van der Waals surface area contributed by atoms with Crippen LogP contribution in [-0.2, 0) is 16.0 Å². The Bertz CT molecular complexity index is 785. The molecule has 5 heteroatoms. The fourth-order valence-electron chi connectivity index (χ4n) is 2.91. The summed E-state index contributed by atoms with van der Waals surface area (Å²) < 4.78 is 5.25. The molecular formula is C20H20N2O3. The molecule has 1 atom stereocenters. The standard InChI is InChI=1S/C20H20N2O3/c1-2-25-19(23)17-16(13-14-9-5-3-6-10-14)21-20(24)22-18(17)15-11-7-4-8-12-15/h3-12,16H,2,13H2,1H3,(H2,21,22,24). The molecule has 0 spiro atoms. The molecule has 128 valence electrons. The molecule has 1 aliphatic heterocycles. The topological polar surface area (TPSA) is 67.4 Å². The Morgan fingerprint density at radius 2 is 1.68 bits per heavy atom. The summed E-state index contributed by atoms with van der Waals surface area (Å²) in [6.45, 7) is 2.04. The molecule has 2 N–H and O–H groups in total. The molecule has 1 heterocycles. The molecule has 0 saturated carbocycles. The van der Waals surface area contributed by atoms with E-state index in [0.717, 1.165) is 11.1 Å². The molecular weight excluding hydrogens is 316 g/mol. The van der Waals surface area contributed by atoms with Gasteiger partial charge in [-0.05, 0) is 24.5 Å². The van der Waals surface area contributed by atoms with Crippen LogP contribution in [0.5, 0.6) is 0 Å². The first-order chi connectivity index (χ1) is 12.2. The molecule has 2 aromatic carbocycles. The Hall–Kier alpha value is -3.08. The predicted molar refractivity (Wildman–Crippen MR) is 95.6 cm³/mol. The van der Waals surface area contributed by atoms with Crippen LogP contribution in [0, 0.1) is 0 Å². The third-order valence-corrected chi connectivity index (χ3v) is 4.00. The number of nitrogens with one attached hydrogen (secondary N) is 2. The van der Waals surface area contributed by atoms with Crippen LogP contribution in [0.4, 0.5) is 4.79 Å². The molecule has 2 amide bonds. The maximum Gasteiger partial charge on any atom is 0.338 e. The van der Waals surface area contributed by atoms with Crippen molar-refractivity contribution in [3.63, 3.8) is 0 Å². The Balaban J connectivity index is 2.05. The number of carbonyl (C=O) groups excluding carboxylic acids is 2. The molecule has 0 saturated heterocycles. The molecule has 0 radical (unpaired) electrons. The van der Waals surface area contributed by atoms with Crippen molar-refractivity contribution in [2.75, 3.05) is 6.61 Å². The predicted octanol–water partition coefficient (Wildman–Crippen LogP) is 2.88. The van der Waals surface area contributed by atoms with Crippen LogP contribution < -0.4 is 10.6 Å². The van der Waals surface area contributed by atoms with Crippen LogP contribution in [0.25, 0.3) is 5.70 Å². The average Bonchev–Trinajstić information content (AvgIpc) is 2.63. The van der Waals surface area contributed by atoms with Gasteiger partial charge in [-0.2, -0.15) is 0 Å². The number of esters is 1. The number of amides is 2. The summed E-state index contributed by atoms with van der Waals surface area (Å²) in [6, 6.07) is 18.3. The lowest BCUT2D eigenvalue weighted by Gasteiger charge is -2.29. The Kier molecular flexibility index (Phi) is 5.14. The van der Waals surface area contributed by atoms with Gasteiger partial charge in [0.05, 0.1) is 23.9 Å². The lowest BCUT2D eigenvalue weighted by atomic mass is 9.93. The minimum absolute atomic E-state index is 0.274. The zero-order valence-electron chi connectivity index (χ0n) is 14.0. The molecule has 2 aromatic rings. The Labute approximate surface area is 146 Å². The number of carbonyl (C=O) groups is 2. The molecule has 0 bridgehead atoms. The summed E-state index contributed by atoms with van der Waals surface area (Å²) >= 11 is 0. The second kappa shape index (κ2) is 7.66. The maximum atomic E-state index is 12.6. The third kappa shape index (κ3) is 3.88. The van der Waals surface area contributed by atoms with Crippen molar-refractivity contribution >= 4 is 17.7 Å². The van der Waals surface area contributed by atoms with Crippen molar-refractivity contribution < 1.29 is 14.3 Å². The summed E-state index contributed by atoms with van der Waals surface area (Å²) in [6.07, 6.45) is 0.513. The number of ether oxygens (including phenoxy) is 1. The van der Waals surface area contributed by atoms with Gasteiger partial charge in [0.1, 0.15) is 0 Å². The average molecular weight is 336 g/mol. The van der Waals surface area contributed by atoms with Gasteiger partial charge in [-0.25, -0.2) is 9.59 Å². The van der Waals surface area contributed by atoms with Crippen molar-refractivity contribution in [2.45, 2.75) is 19.4 Å². The lowest BCUT2D eigenvalue weighted by Crippen LogP contribution is -2.50. The van der Waals surface area contributed by atoms with Gasteiger partial charge >= 0.3 is 12.0 Å². The largest absolute Gasteiger partial charge is 0.463 e. The number of hydrogen-bond donors (Lipinski definition) is 2. The zero-order chi connectivity index (χ0) is 17.6. The molecule has 0 fully saturated rings. The molecule has 0 aromatic heterocycles. The molecule has 3 rings (SSSR count). The van der Waals surface area contributed by atoms with Crippen LogP contribution in [0.15, 0.2) is 66.2 Å². The van der Waals surface area contributed by atoms with Crippen LogP contribution >= 0.6 is 0 Å². The molecule has 0 aliphatic carbocycles. The first kappa shape index (κ1) is 16.8. The molecule has 1 unspecified atom stereocenters. The number of urea groups is 1. The van der Waals surface area contributed by atoms with Gasteiger partial charge in [0.25, 0.3) is 0 Å². The summed E-state index contributed by atoms with van der Waals surface area (Å²) in [4.78, 5) is 24.8. The lowest BCUT2D eigenvalue weighted by molar-refractivity contribution is -0.138. The van der Waals surface area contributed by atoms with Crippen molar-refractivity contribution in [2.24, 2.45) is 0 Å². The first-order valence-electron chi connectivity index (χ1n) is 8.27. The zero-order valence-corrected chi connectivity index (χ0v) is 14.0. The third-order valence-electron chi connectivity index (χ3n) is 4.00. The minimum Gasteiger partial charge on any atom is -0.463 e. The monoisotopic (exact) mass is 336 g/mol. The summed E-state index contributed by atoms with van der Waals surface area (Å²) in [5.41, 5.74) is 2.75. The highest BCUT2D eigenvalue weighted by molar-refractivity contribution is 6.04. The van der Waals surface area contributed by atoms with E-state index in [2.05, 4.69) is 10.6 Å². The van der Waals surface area contributed by atoms with Crippen molar-refractivity contribution in [3.8, 4) is 0 Å². The minimum atomic E-state index is -0.453. The van der Waals surface area contributed by atoms with Gasteiger partial charge in [0.15, 0.2) is 0 Å². The van der Waals surface area contributed by atoms with E-state index in [1.54, 1.807) is 6.92 Å². The highest BCUT2D eigenvalue weighted by Gasteiger charge is 2.33. The molecule has 5 nitrogen and oxygen atoms in total. The van der Waals surface area contributed by atoms with E-state index in [1.807, 2.05) is 60.7 Å². The van der Waals surface area contributed by atoms with E-state index in [4.69, 9.17) is 4.74 Å². The quantitative estimate of drug-likeness (QED) is 0.825. The highest BCUT2D eigenvalue weighted by atomic mass is 16.5. The second-order valence-corrected chi connectivity index (χ2v) is 5.72. The van der Waals surface area contributed by atoms with Gasteiger partial charge in [0.2, 0.25) is 0 Å². The smallest absolute Gasteiger partial charge is 0.338 e.